The van der Waals surface area contributed by atoms with Crippen LogP contribution in [0, 0.1) is 6.92 Å². The van der Waals surface area contributed by atoms with Gasteiger partial charge in [-0.25, -0.2) is 4.79 Å². The van der Waals surface area contributed by atoms with Gasteiger partial charge in [0.05, 0.1) is 0 Å². The van der Waals surface area contributed by atoms with Crippen molar-refractivity contribution >= 4 is 11.8 Å². The predicted molar refractivity (Wildman–Crippen MR) is 71.2 cm³/mol. The van der Waals surface area contributed by atoms with Crippen LogP contribution in [0.25, 0.3) is 0 Å². The van der Waals surface area contributed by atoms with Crippen molar-refractivity contribution < 1.29 is 22.5 Å². The SMILES string of the molecule is Cc1noc(C(C)(C)NC(=O)Nc2ccc(C(F)(F)F)nn2)n1. The largest absolute Gasteiger partial charge is 0.435 e. The molecule has 2 aromatic rings. The number of amides is 2. The third kappa shape index (κ3) is 4.14. The van der Waals surface area contributed by atoms with Gasteiger partial charge in [-0.3, -0.25) is 5.32 Å². The first-order chi connectivity index (χ1) is 10.6. The molecule has 2 aromatic heterocycles. The van der Waals surface area contributed by atoms with Crippen LogP contribution < -0.4 is 10.6 Å². The van der Waals surface area contributed by atoms with Crippen LogP contribution in [-0.4, -0.2) is 26.4 Å². The Bertz CT molecular complexity index is 696. The zero-order valence-corrected chi connectivity index (χ0v) is 12.4. The molecule has 2 amide bonds. The van der Waals surface area contributed by atoms with E-state index in [0.717, 1.165) is 12.1 Å². The van der Waals surface area contributed by atoms with Crippen molar-refractivity contribution in [2.24, 2.45) is 0 Å². The number of aryl methyl sites for hydroxylation is 1. The Balaban J connectivity index is 2.02. The molecule has 11 heteroatoms. The monoisotopic (exact) mass is 330 g/mol. The Morgan fingerprint density at radius 2 is 1.91 bits per heavy atom. The van der Waals surface area contributed by atoms with Crippen LogP contribution in [0.15, 0.2) is 16.7 Å². The second-order valence-electron chi connectivity index (χ2n) is 5.15. The molecule has 0 spiro atoms. The maximum absolute atomic E-state index is 12.4. The lowest BCUT2D eigenvalue weighted by molar-refractivity contribution is -0.141. The van der Waals surface area contributed by atoms with E-state index in [9.17, 15) is 18.0 Å². The molecule has 8 nitrogen and oxygen atoms in total. The molecule has 0 aromatic carbocycles. The number of nitrogens with zero attached hydrogens (tertiary/aromatic N) is 4. The number of carbonyl (C=O) groups excluding carboxylic acids is 1. The number of anilines is 1. The van der Waals surface area contributed by atoms with Crippen molar-refractivity contribution in [2.75, 3.05) is 5.32 Å². The second-order valence-corrected chi connectivity index (χ2v) is 5.15. The fraction of sp³-hybridized carbons (Fsp3) is 0.417. The lowest BCUT2D eigenvalue weighted by atomic mass is 10.1. The normalized spacial score (nSPS) is 12.1. The topological polar surface area (TPSA) is 106 Å². The lowest BCUT2D eigenvalue weighted by Crippen LogP contribution is -2.43. The molecule has 0 saturated heterocycles. The van der Waals surface area contributed by atoms with Crippen LogP contribution in [-0.2, 0) is 11.7 Å². The second kappa shape index (κ2) is 5.82. The van der Waals surface area contributed by atoms with Gasteiger partial charge in [-0.1, -0.05) is 5.16 Å². The minimum absolute atomic E-state index is 0.131. The van der Waals surface area contributed by atoms with Gasteiger partial charge in [0.2, 0.25) is 0 Å². The van der Waals surface area contributed by atoms with Gasteiger partial charge in [-0.05, 0) is 32.9 Å². The van der Waals surface area contributed by atoms with Gasteiger partial charge >= 0.3 is 12.2 Å². The van der Waals surface area contributed by atoms with Crippen molar-refractivity contribution in [1.82, 2.24) is 25.7 Å². The number of alkyl halides is 3. The van der Waals surface area contributed by atoms with Gasteiger partial charge in [0.1, 0.15) is 5.54 Å². The van der Waals surface area contributed by atoms with E-state index in [1.165, 1.54) is 0 Å². The zero-order valence-electron chi connectivity index (χ0n) is 12.4. The molecular formula is C12H13F3N6O2. The Morgan fingerprint density at radius 1 is 1.22 bits per heavy atom. The smallest absolute Gasteiger partial charge is 0.337 e. The molecule has 23 heavy (non-hydrogen) atoms. The molecule has 2 rings (SSSR count). The molecule has 0 radical (unpaired) electrons. The van der Waals surface area contributed by atoms with E-state index >= 15 is 0 Å². The molecule has 0 fully saturated rings. The highest BCUT2D eigenvalue weighted by Gasteiger charge is 2.33. The van der Waals surface area contributed by atoms with Gasteiger partial charge in [-0.2, -0.15) is 18.2 Å². The Labute approximate surface area is 128 Å². The number of aromatic nitrogens is 4. The van der Waals surface area contributed by atoms with Crippen LogP contribution in [0.2, 0.25) is 0 Å². The van der Waals surface area contributed by atoms with E-state index in [1.807, 2.05) is 0 Å². The lowest BCUT2D eigenvalue weighted by Gasteiger charge is -2.21. The Morgan fingerprint density at radius 3 is 2.39 bits per heavy atom. The summed E-state index contributed by atoms with van der Waals surface area (Å²) in [5.74, 6) is 0.459. The van der Waals surface area contributed by atoms with Crippen molar-refractivity contribution in [1.29, 1.82) is 0 Å². The highest BCUT2D eigenvalue weighted by atomic mass is 19.4. The minimum atomic E-state index is -4.59. The van der Waals surface area contributed by atoms with E-state index in [2.05, 4.69) is 31.0 Å². The number of hydrogen-bond donors (Lipinski definition) is 2. The van der Waals surface area contributed by atoms with Crippen LogP contribution in [0.3, 0.4) is 0 Å². The average Bonchev–Trinajstić information content (AvgIpc) is 2.85. The van der Waals surface area contributed by atoms with Crippen LogP contribution in [0.5, 0.6) is 0 Å². The standard InChI is InChI=1S/C12H13F3N6O2/c1-6-16-9(23-21-6)11(2,3)18-10(22)17-8-5-4-7(19-20-8)12(13,14)15/h4-5H,1-3H3,(H2,17,18,20,22). The van der Waals surface area contributed by atoms with Crippen LogP contribution >= 0.6 is 0 Å². The molecule has 0 atom stereocenters. The number of halogens is 3. The summed E-state index contributed by atoms with van der Waals surface area (Å²) in [6.07, 6.45) is -4.59. The van der Waals surface area contributed by atoms with Gasteiger partial charge in [-0.15, -0.1) is 10.2 Å². The molecule has 0 unspecified atom stereocenters. The van der Waals surface area contributed by atoms with Crippen molar-refractivity contribution in [2.45, 2.75) is 32.5 Å². The molecule has 0 aliphatic heterocycles. The Kier molecular flexibility index (Phi) is 4.21. The summed E-state index contributed by atoms with van der Waals surface area (Å²) in [4.78, 5) is 15.9. The van der Waals surface area contributed by atoms with E-state index in [0.29, 0.717) is 5.82 Å². The van der Waals surface area contributed by atoms with Gasteiger partial charge in [0, 0.05) is 0 Å². The predicted octanol–water partition coefficient (Wildman–Crippen LogP) is 2.24. The maximum atomic E-state index is 12.4. The van der Waals surface area contributed by atoms with Gasteiger partial charge in [0.25, 0.3) is 5.89 Å². The molecular weight excluding hydrogens is 317 g/mol. The minimum Gasteiger partial charge on any atom is -0.337 e. The number of urea groups is 1. The number of carbonyl (C=O) groups is 1. The summed E-state index contributed by atoms with van der Waals surface area (Å²) < 4.78 is 42.1. The first kappa shape index (κ1) is 16.6. The van der Waals surface area contributed by atoms with Gasteiger partial charge < -0.3 is 9.84 Å². The van der Waals surface area contributed by atoms with E-state index in [-0.39, 0.29) is 11.7 Å². The molecule has 124 valence electrons. The summed E-state index contributed by atoms with van der Waals surface area (Å²) in [7, 11) is 0. The van der Waals surface area contributed by atoms with E-state index < -0.39 is 23.4 Å². The highest BCUT2D eigenvalue weighted by molar-refractivity contribution is 5.88. The molecule has 2 N–H and O–H groups in total. The summed E-state index contributed by atoms with van der Waals surface area (Å²) in [5, 5.41) is 14.7. The average molecular weight is 330 g/mol. The van der Waals surface area contributed by atoms with Crippen molar-refractivity contribution in [3.8, 4) is 0 Å². The van der Waals surface area contributed by atoms with Crippen molar-refractivity contribution in [3.05, 3.63) is 29.5 Å². The Hall–Kier alpha value is -2.72. The molecule has 0 saturated carbocycles. The quantitative estimate of drug-likeness (QED) is 0.894. The summed E-state index contributed by atoms with van der Waals surface area (Å²) in [6, 6.07) is 1.01. The number of hydrogen-bond acceptors (Lipinski definition) is 6. The van der Waals surface area contributed by atoms with Crippen molar-refractivity contribution in [3.63, 3.8) is 0 Å². The number of rotatable bonds is 3. The highest BCUT2D eigenvalue weighted by Crippen LogP contribution is 2.27. The zero-order chi connectivity index (χ0) is 17.3. The molecule has 0 aliphatic carbocycles. The molecule has 0 aliphatic rings. The summed E-state index contributed by atoms with van der Waals surface area (Å²) in [5.41, 5.74) is -2.13. The summed E-state index contributed by atoms with van der Waals surface area (Å²) >= 11 is 0. The summed E-state index contributed by atoms with van der Waals surface area (Å²) in [6.45, 7) is 4.87. The first-order valence-corrected chi connectivity index (χ1v) is 6.39. The van der Waals surface area contributed by atoms with E-state index in [4.69, 9.17) is 4.52 Å². The molecule has 0 bridgehead atoms. The third-order valence-corrected chi connectivity index (χ3v) is 2.68. The molecule has 2 heterocycles. The number of nitrogens with one attached hydrogen (secondary N) is 2. The van der Waals surface area contributed by atoms with E-state index in [1.54, 1.807) is 20.8 Å². The van der Waals surface area contributed by atoms with Gasteiger partial charge in [0.15, 0.2) is 17.3 Å². The maximum Gasteiger partial charge on any atom is 0.435 e. The fourth-order valence-electron chi connectivity index (χ4n) is 1.59. The fourth-order valence-corrected chi connectivity index (χ4v) is 1.59. The van der Waals surface area contributed by atoms with Crippen LogP contribution in [0.4, 0.5) is 23.8 Å². The third-order valence-electron chi connectivity index (χ3n) is 2.68. The first-order valence-electron chi connectivity index (χ1n) is 6.39. The van der Waals surface area contributed by atoms with Crippen LogP contribution in [0.1, 0.15) is 31.3 Å².